The quantitative estimate of drug-likeness (QED) is 0.436. The van der Waals surface area contributed by atoms with Crippen LogP contribution in [0.3, 0.4) is 0 Å². The van der Waals surface area contributed by atoms with E-state index in [1.807, 2.05) is 19.2 Å². The Morgan fingerprint density at radius 3 is 2.43 bits per heavy atom. The highest BCUT2D eigenvalue weighted by atomic mass is 35.5. The highest BCUT2D eigenvalue weighted by molar-refractivity contribution is 6.31. The van der Waals surface area contributed by atoms with E-state index in [9.17, 15) is 4.79 Å². The van der Waals surface area contributed by atoms with Crippen molar-refractivity contribution in [2.45, 2.75) is 72.0 Å². The first kappa shape index (κ1) is 25.5. The van der Waals surface area contributed by atoms with Gasteiger partial charge >= 0.3 is 0 Å². The van der Waals surface area contributed by atoms with Crippen LogP contribution in [0.5, 0.6) is 0 Å². The number of fused-ring (bicyclic) bond motifs is 1. The van der Waals surface area contributed by atoms with Crippen LogP contribution >= 0.6 is 11.6 Å². The van der Waals surface area contributed by atoms with Crippen LogP contribution in [0, 0.1) is 20.8 Å². The fourth-order valence-electron chi connectivity index (χ4n) is 5.70. The molecule has 1 heterocycles. The zero-order valence-corrected chi connectivity index (χ0v) is 22.6. The van der Waals surface area contributed by atoms with E-state index in [1.54, 1.807) is 6.07 Å². The Morgan fingerprint density at radius 2 is 1.77 bits per heavy atom. The molecule has 2 aromatic carbocycles. The van der Waals surface area contributed by atoms with Gasteiger partial charge in [-0.2, -0.15) is 5.10 Å². The summed E-state index contributed by atoms with van der Waals surface area (Å²) < 4.78 is 0. The summed E-state index contributed by atoms with van der Waals surface area (Å²) in [5.41, 5.74) is 7.04. The normalized spacial score (nSPS) is 18.3. The number of aryl methyl sites for hydroxylation is 2. The number of aromatic amines is 1. The predicted molar refractivity (Wildman–Crippen MR) is 146 cm³/mol. The number of carbonyl (C=O) groups excluding carboxylic acids is 1. The van der Waals surface area contributed by atoms with Crippen LogP contribution in [-0.4, -0.2) is 53.7 Å². The maximum Gasteiger partial charge on any atom is 0.251 e. The summed E-state index contributed by atoms with van der Waals surface area (Å²) in [5, 5.41) is 12.1. The summed E-state index contributed by atoms with van der Waals surface area (Å²) in [6, 6.07) is 7.08. The fourth-order valence-corrected chi connectivity index (χ4v) is 5.92. The molecule has 0 saturated heterocycles. The number of H-pyrrole nitrogens is 1. The molecule has 1 aliphatic carbocycles. The molecule has 6 nitrogen and oxygen atoms in total. The lowest BCUT2D eigenvalue weighted by Crippen LogP contribution is -2.42. The molecule has 35 heavy (non-hydrogen) atoms. The number of rotatable bonds is 7. The molecule has 0 unspecified atom stereocenters. The summed E-state index contributed by atoms with van der Waals surface area (Å²) in [6.07, 6.45) is 6.53. The number of amides is 1. The molecule has 4 rings (SSSR count). The van der Waals surface area contributed by atoms with E-state index >= 15 is 0 Å². The summed E-state index contributed by atoms with van der Waals surface area (Å²) in [4.78, 5) is 18.2. The van der Waals surface area contributed by atoms with E-state index in [0.29, 0.717) is 29.2 Å². The minimum absolute atomic E-state index is 0.105. The van der Waals surface area contributed by atoms with Crippen molar-refractivity contribution in [3.8, 4) is 0 Å². The Bertz CT molecular complexity index is 1210. The molecule has 1 fully saturated rings. The van der Waals surface area contributed by atoms with E-state index in [0.717, 1.165) is 52.7 Å². The highest BCUT2D eigenvalue weighted by Crippen LogP contribution is 2.34. The van der Waals surface area contributed by atoms with E-state index in [2.05, 4.69) is 66.2 Å². The fraction of sp³-hybridized carbons (Fsp3) is 0.500. The largest absolute Gasteiger partial charge is 0.369 e. The van der Waals surface area contributed by atoms with Gasteiger partial charge in [-0.25, -0.2) is 0 Å². The third-order valence-electron chi connectivity index (χ3n) is 7.78. The smallest absolute Gasteiger partial charge is 0.251 e. The lowest BCUT2D eigenvalue weighted by Gasteiger charge is -2.40. The van der Waals surface area contributed by atoms with E-state index < -0.39 is 0 Å². The molecule has 1 saturated carbocycles. The topological polar surface area (TPSA) is 64.3 Å². The summed E-state index contributed by atoms with van der Waals surface area (Å²) in [6.45, 7) is 9.70. The minimum Gasteiger partial charge on any atom is -0.369 e. The van der Waals surface area contributed by atoms with Crippen molar-refractivity contribution in [1.29, 1.82) is 0 Å². The average molecular weight is 496 g/mol. The number of carbonyl (C=O) groups is 1. The second-order valence-electron chi connectivity index (χ2n) is 10.1. The van der Waals surface area contributed by atoms with E-state index in [4.69, 9.17) is 11.6 Å². The average Bonchev–Trinajstić information content (AvgIpc) is 3.32. The first-order valence-electron chi connectivity index (χ1n) is 12.6. The van der Waals surface area contributed by atoms with Crippen molar-refractivity contribution in [2.75, 3.05) is 25.5 Å². The number of anilines is 1. The van der Waals surface area contributed by atoms with Gasteiger partial charge in [0.1, 0.15) is 0 Å². The highest BCUT2D eigenvalue weighted by Gasteiger charge is 2.28. The molecule has 1 aromatic heterocycles. The van der Waals surface area contributed by atoms with Crippen molar-refractivity contribution in [3.05, 3.63) is 57.2 Å². The molecule has 0 radical (unpaired) electrons. The Balaban J connectivity index is 1.56. The molecule has 0 spiro atoms. The van der Waals surface area contributed by atoms with Crippen molar-refractivity contribution in [3.63, 3.8) is 0 Å². The Labute approximate surface area is 214 Å². The van der Waals surface area contributed by atoms with Crippen LogP contribution in [0.1, 0.15) is 65.2 Å². The number of hydrogen-bond acceptors (Lipinski definition) is 4. The Kier molecular flexibility index (Phi) is 7.72. The maximum absolute atomic E-state index is 13.4. The molecule has 0 aliphatic heterocycles. The molecule has 1 aliphatic rings. The standard InChI is InChI=1S/C28H38ClN5O/c1-7-34(22-10-8-21(9-11-22)33(5)6)26-14-20(29)13-23(19(26)4)28(35)30-15-24-17(2)12-18(3)25-16-31-32-27(24)25/h12-14,16,21-22H,7-11,15H2,1-6H3,(H,30,35)(H,31,32). The van der Waals surface area contributed by atoms with Crippen molar-refractivity contribution >= 4 is 34.1 Å². The van der Waals surface area contributed by atoms with Crippen LogP contribution < -0.4 is 10.2 Å². The minimum atomic E-state index is -0.105. The zero-order valence-electron chi connectivity index (χ0n) is 21.8. The second kappa shape index (κ2) is 10.6. The number of hydrogen-bond donors (Lipinski definition) is 2. The molecular weight excluding hydrogens is 458 g/mol. The van der Waals surface area contributed by atoms with E-state index in [1.165, 1.54) is 18.4 Å². The zero-order chi connectivity index (χ0) is 25.3. The van der Waals surface area contributed by atoms with Crippen LogP contribution in [0.4, 0.5) is 5.69 Å². The Hall–Kier alpha value is -2.57. The molecule has 0 atom stereocenters. The SMILES string of the molecule is CCN(c1cc(Cl)cc(C(=O)NCc2c(C)cc(C)c3cn[nH]c23)c1C)C1CCC(N(C)C)CC1. The number of halogens is 1. The van der Waals surface area contributed by atoms with Crippen LogP contribution in [0.25, 0.3) is 10.9 Å². The lowest BCUT2D eigenvalue weighted by molar-refractivity contribution is 0.0950. The van der Waals surface area contributed by atoms with Gasteiger partial charge in [-0.15, -0.1) is 0 Å². The predicted octanol–water partition coefficient (Wildman–Crippen LogP) is 5.77. The molecule has 188 valence electrons. The van der Waals surface area contributed by atoms with Gasteiger partial charge in [0.05, 0.1) is 11.7 Å². The van der Waals surface area contributed by atoms with E-state index in [-0.39, 0.29) is 5.91 Å². The summed E-state index contributed by atoms with van der Waals surface area (Å²) in [5.74, 6) is -0.105. The molecule has 0 bridgehead atoms. The summed E-state index contributed by atoms with van der Waals surface area (Å²) >= 11 is 6.57. The van der Waals surface area contributed by atoms with Crippen molar-refractivity contribution < 1.29 is 4.79 Å². The Morgan fingerprint density at radius 1 is 1.09 bits per heavy atom. The third kappa shape index (κ3) is 5.19. The van der Waals surface area contributed by atoms with Crippen LogP contribution in [0.15, 0.2) is 24.4 Å². The number of nitrogens with one attached hydrogen (secondary N) is 2. The van der Waals surface area contributed by atoms with Gasteiger partial charge in [0.25, 0.3) is 5.91 Å². The molecular formula is C28H38ClN5O. The van der Waals surface area contributed by atoms with Crippen LogP contribution in [-0.2, 0) is 6.54 Å². The van der Waals surface area contributed by atoms with Gasteiger partial charge in [-0.3, -0.25) is 9.89 Å². The molecule has 7 heteroatoms. The summed E-state index contributed by atoms with van der Waals surface area (Å²) in [7, 11) is 4.34. The first-order valence-corrected chi connectivity index (χ1v) is 13.0. The lowest BCUT2D eigenvalue weighted by atomic mass is 9.89. The third-order valence-corrected chi connectivity index (χ3v) is 8.00. The molecule has 1 amide bonds. The van der Waals surface area contributed by atoms with Gasteiger partial charge in [0, 0.05) is 46.8 Å². The monoisotopic (exact) mass is 495 g/mol. The van der Waals surface area contributed by atoms with Gasteiger partial charge < -0.3 is 15.1 Å². The van der Waals surface area contributed by atoms with Gasteiger partial charge in [0.15, 0.2) is 0 Å². The van der Waals surface area contributed by atoms with Crippen molar-refractivity contribution in [2.24, 2.45) is 0 Å². The maximum atomic E-state index is 13.4. The number of nitrogens with zero attached hydrogens (tertiary/aromatic N) is 3. The number of benzene rings is 2. The van der Waals surface area contributed by atoms with Gasteiger partial charge in [-0.1, -0.05) is 17.7 Å². The van der Waals surface area contributed by atoms with Gasteiger partial charge in [0.2, 0.25) is 0 Å². The molecule has 2 N–H and O–H groups in total. The van der Waals surface area contributed by atoms with Crippen LogP contribution in [0.2, 0.25) is 5.02 Å². The second-order valence-corrected chi connectivity index (χ2v) is 10.6. The first-order chi connectivity index (χ1) is 16.7. The number of aromatic nitrogens is 2. The van der Waals surface area contributed by atoms with Gasteiger partial charge in [-0.05, 0) is 102 Å². The molecule has 3 aromatic rings. The van der Waals surface area contributed by atoms with Crippen molar-refractivity contribution in [1.82, 2.24) is 20.4 Å².